The lowest BCUT2D eigenvalue weighted by Crippen LogP contribution is -2.41. The van der Waals surface area contributed by atoms with Crippen LogP contribution in [0.3, 0.4) is 0 Å². The Balaban J connectivity index is 1.89. The van der Waals surface area contributed by atoms with Crippen molar-refractivity contribution in [2.45, 2.75) is 13.1 Å². The first kappa shape index (κ1) is 17.0. The van der Waals surface area contributed by atoms with Crippen molar-refractivity contribution in [3.8, 4) is 23.0 Å². The van der Waals surface area contributed by atoms with Gasteiger partial charge in [0.05, 0.1) is 0 Å². The molecule has 0 saturated carbocycles. The summed E-state index contributed by atoms with van der Waals surface area (Å²) in [5.74, 6) is 6.68. The fourth-order valence-electron chi connectivity index (χ4n) is 2.78. The molecule has 0 amide bonds. The fourth-order valence-corrected chi connectivity index (χ4v) is 4.37. The van der Waals surface area contributed by atoms with Crippen molar-refractivity contribution in [2.75, 3.05) is 0 Å². The van der Waals surface area contributed by atoms with Crippen LogP contribution in [0.25, 0.3) is 11.1 Å². The van der Waals surface area contributed by atoms with Crippen LogP contribution in [0.4, 0.5) is 0 Å². The Kier molecular flexibility index (Phi) is 5.02. The van der Waals surface area contributed by atoms with Gasteiger partial charge in [-0.05, 0) is 34.5 Å². The van der Waals surface area contributed by atoms with Gasteiger partial charge in [-0.2, -0.15) is 0 Å². The van der Waals surface area contributed by atoms with E-state index in [1.165, 1.54) is 16.3 Å². The van der Waals surface area contributed by atoms with Crippen molar-refractivity contribution >= 4 is 13.3 Å². The van der Waals surface area contributed by atoms with Gasteiger partial charge in [-0.1, -0.05) is 91.3 Å². The average molecular weight is 339 g/mol. The molecule has 3 rings (SSSR count). The molecule has 25 heavy (non-hydrogen) atoms. The van der Waals surface area contributed by atoms with Gasteiger partial charge >= 0.3 is 0 Å². The SMILES string of the molecule is C=C[Si](C)(C)c1ccccc1C#Cc1ccc(-c2ccccc2)cc1. The number of benzene rings is 3. The van der Waals surface area contributed by atoms with Crippen LogP contribution in [0.5, 0.6) is 0 Å². The second-order valence-corrected chi connectivity index (χ2v) is 11.1. The summed E-state index contributed by atoms with van der Waals surface area (Å²) in [5.41, 5.74) is 6.71. The summed E-state index contributed by atoms with van der Waals surface area (Å²) in [6.07, 6.45) is 0. The Morgan fingerprint density at radius 1 is 0.720 bits per heavy atom. The van der Waals surface area contributed by atoms with Crippen LogP contribution in [0.2, 0.25) is 13.1 Å². The van der Waals surface area contributed by atoms with Gasteiger partial charge in [0.15, 0.2) is 0 Å². The molecule has 3 aromatic rings. The summed E-state index contributed by atoms with van der Waals surface area (Å²) in [6.45, 7) is 8.62. The largest absolute Gasteiger partial charge is 0.107 e. The highest BCUT2D eigenvalue weighted by atomic mass is 28.3. The molecule has 0 radical (unpaired) electrons. The Morgan fingerprint density at radius 2 is 1.32 bits per heavy atom. The highest BCUT2D eigenvalue weighted by Crippen LogP contribution is 2.19. The van der Waals surface area contributed by atoms with Crippen molar-refractivity contribution < 1.29 is 0 Å². The molecule has 0 fully saturated rings. The maximum atomic E-state index is 4.02. The van der Waals surface area contributed by atoms with E-state index in [2.05, 4.69) is 110 Å². The predicted octanol–water partition coefficient (Wildman–Crippen LogP) is 5.39. The quantitative estimate of drug-likeness (QED) is 0.443. The maximum Gasteiger partial charge on any atom is 0.105 e. The van der Waals surface area contributed by atoms with E-state index in [-0.39, 0.29) is 0 Å². The van der Waals surface area contributed by atoms with Gasteiger partial charge in [-0.15, -0.1) is 6.58 Å². The molecule has 0 aliphatic rings. The third-order valence-corrected chi connectivity index (χ3v) is 7.31. The second kappa shape index (κ2) is 7.38. The van der Waals surface area contributed by atoms with Gasteiger partial charge in [0, 0.05) is 11.1 Å². The fraction of sp³-hybridized carbons (Fsp3) is 0.0833. The van der Waals surface area contributed by atoms with E-state index in [9.17, 15) is 0 Å². The van der Waals surface area contributed by atoms with Crippen LogP contribution in [0.1, 0.15) is 11.1 Å². The van der Waals surface area contributed by atoms with Gasteiger partial charge in [0.2, 0.25) is 0 Å². The topological polar surface area (TPSA) is 0 Å². The monoisotopic (exact) mass is 338 g/mol. The van der Waals surface area contributed by atoms with E-state index in [0.29, 0.717) is 0 Å². The summed E-state index contributed by atoms with van der Waals surface area (Å²) in [6, 6.07) is 27.3. The van der Waals surface area contributed by atoms with Crippen molar-refractivity contribution in [3.05, 3.63) is 102 Å². The average Bonchev–Trinajstić information content (AvgIpc) is 2.67. The molecule has 0 spiro atoms. The van der Waals surface area contributed by atoms with E-state index >= 15 is 0 Å². The predicted molar refractivity (Wildman–Crippen MR) is 112 cm³/mol. The lowest BCUT2D eigenvalue weighted by molar-refractivity contribution is 1.59. The molecule has 0 unspecified atom stereocenters. The van der Waals surface area contributed by atoms with Gasteiger partial charge < -0.3 is 0 Å². The molecule has 0 atom stereocenters. The summed E-state index contributed by atoms with van der Waals surface area (Å²) in [5, 5.41) is 1.35. The maximum absolute atomic E-state index is 4.02. The van der Waals surface area contributed by atoms with Crippen LogP contribution in [0.15, 0.2) is 91.1 Å². The first-order chi connectivity index (χ1) is 12.1. The van der Waals surface area contributed by atoms with E-state index in [1.807, 2.05) is 6.07 Å². The highest BCUT2D eigenvalue weighted by Gasteiger charge is 2.21. The molecule has 0 nitrogen and oxygen atoms in total. The normalized spacial score (nSPS) is 10.6. The van der Waals surface area contributed by atoms with Crippen molar-refractivity contribution in [3.63, 3.8) is 0 Å². The molecular formula is C24H22Si. The molecule has 3 aromatic carbocycles. The molecular weight excluding hydrogens is 316 g/mol. The van der Waals surface area contributed by atoms with Crippen LogP contribution < -0.4 is 5.19 Å². The van der Waals surface area contributed by atoms with Gasteiger partial charge in [0.25, 0.3) is 0 Å². The van der Waals surface area contributed by atoms with Crippen LogP contribution in [-0.4, -0.2) is 8.07 Å². The minimum Gasteiger partial charge on any atom is -0.107 e. The molecule has 0 bridgehead atoms. The Labute approximate surface area is 151 Å². The Hall–Kier alpha value is -2.82. The van der Waals surface area contributed by atoms with Crippen molar-refractivity contribution in [2.24, 2.45) is 0 Å². The minimum atomic E-state index is -1.63. The van der Waals surface area contributed by atoms with E-state index in [4.69, 9.17) is 0 Å². The molecule has 1 heteroatoms. The minimum absolute atomic E-state index is 1.03. The molecule has 0 N–H and O–H groups in total. The second-order valence-electron chi connectivity index (χ2n) is 6.66. The molecule has 0 heterocycles. The van der Waals surface area contributed by atoms with Crippen molar-refractivity contribution in [1.29, 1.82) is 0 Å². The standard InChI is InChI=1S/C24H22Si/c1-4-25(2,3)24-13-9-8-12-23(24)19-16-20-14-17-22(18-15-20)21-10-6-5-7-11-21/h4-15,17-18H,1H2,2-3H3. The molecule has 122 valence electrons. The van der Waals surface area contributed by atoms with E-state index in [0.717, 1.165) is 11.1 Å². The zero-order valence-electron chi connectivity index (χ0n) is 14.8. The van der Waals surface area contributed by atoms with E-state index < -0.39 is 8.07 Å². The van der Waals surface area contributed by atoms with Crippen LogP contribution >= 0.6 is 0 Å². The van der Waals surface area contributed by atoms with Gasteiger partial charge in [-0.3, -0.25) is 0 Å². The molecule has 0 saturated heterocycles. The van der Waals surface area contributed by atoms with Crippen LogP contribution in [-0.2, 0) is 0 Å². The lowest BCUT2D eigenvalue weighted by Gasteiger charge is -2.19. The highest BCUT2D eigenvalue weighted by molar-refractivity contribution is 6.94. The summed E-state index contributed by atoms with van der Waals surface area (Å²) >= 11 is 0. The van der Waals surface area contributed by atoms with Crippen molar-refractivity contribution in [1.82, 2.24) is 0 Å². The van der Waals surface area contributed by atoms with Gasteiger partial charge in [-0.25, -0.2) is 0 Å². The first-order valence-corrected chi connectivity index (χ1v) is 11.6. The molecule has 0 aliphatic carbocycles. The van der Waals surface area contributed by atoms with Crippen LogP contribution in [0, 0.1) is 11.8 Å². The van der Waals surface area contributed by atoms with E-state index in [1.54, 1.807) is 0 Å². The lowest BCUT2D eigenvalue weighted by atomic mass is 10.0. The summed E-state index contributed by atoms with van der Waals surface area (Å²) in [7, 11) is -1.63. The zero-order valence-corrected chi connectivity index (χ0v) is 15.8. The third-order valence-electron chi connectivity index (χ3n) is 4.47. The first-order valence-electron chi connectivity index (χ1n) is 8.51. The number of rotatable bonds is 3. The molecule has 0 aromatic heterocycles. The third kappa shape index (κ3) is 3.99. The Morgan fingerprint density at radius 3 is 2.00 bits per heavy atom. The number of hydrogen-bond donors (Lipinski definition) is 0. The van der Waals surface area contributed by atoms with Gasteiger partial charge in [0.1, 0.15) is 8.07 Å². The molecule has 0 aliphatic heterocycles. The Bertz CT molecular complexity index is 923. The summed E-state index contributed by atoms with van der Waals surface area (Å²) in [4.78, 5) is 0. The zero-order chi connectivity index (χ0) is 17.7. The smallest absolute Gasteiger partial charge is 0.105 e. The number of hydrogen-bond acceptors (Lipinski definition) is 0. The summed E-state index contributed by atoms with van der Waals surface area (Å²) < 4.78 is 0.